The molecule has 18 heavy (non-hydrogen) atoms. The van der Waals surface area contributed by atoms with Gasteiger partial charge < -0.3 is 19.3 Å². The van der Waals surface area contributed by atoms with Crippen molar-refractivity contribution in [1.82, 2.24) is 5.32 Å². The normalized spacial score (nSPS) is 10.8. The number of aryl methyl sites for hydroxylation is 2. The van der Waals surface area contributed by atoms with Crippen LogP contribution in [0.3, 0.4) is 0 Å². The lowest BCUT2D eigenvalue weighted by atomic mass is 10.2. The van der Waals surface area contributed by atoms with Gasteiger partial charge in [-0.3, -0.25) is 0 Å². The summed E-state index contributed by atoms with van der Waals surface area (Å²) in [6.45, 7) is 4.65. The highest BCUT2D eigenvalue weighted by molar-refractivity contribution is 5.86. The van der Waals surface area contributed by atoms with Gasteiger partial charge in [0.05, 0.1) is 13.1 Å². The van der Waals surface area contributed by atoms with Gasteiger partial charge in [-0.15, -0.1) is 0 Å². The molecule has 5 heteroatoms. The molecular formula is C13H15NO4. The molecule has 0 aliphatic carbocycles. The number of carboxylic acids is 1. The van der Waals surface area contributed by atoms with E-state index < -0.39 is 5.97 Å². The molecule has 0 amide bonds. The molecule has 0 aromatic carbocycles. The lowest BCUT2D eigenvalue weighted by Crippen LogP contribution is -2.11. The molecule has 5 nitrogen and oxygen atoms in total. The van der Waals surface area contributed by atoms with Crippen LogP contribution in [0.2, 0.25) is 0 Å². The van der Waals surface area contributed by atoms with Gasteiger partial charge in [-0.25, -0.2) is 4.79 Å². The lowest BCUT2D eigenvalue weighted by Gasteiger charge is -1.99. The zero-order valence-corrected chi connectivity index (χ0v) is 10.3. The second-order valence-corrected chi connectivity index (χ2v) is 4.15. The third-order valence-corrected chi connectivity index (χ3v) is 2.56. The van der Waals surface area contributed by atoms with Gasteiger partial charge in [0.2, 0.25) is 5.76 Å². The summed E-state index contributed by atoms with van der Waals surface area (Å²) in [5, 5.41) is 12.0. The quantitative estimate of drug-likeness (QED) is 0.851. The van der Waals surface area contributed by atoms with E-state index in [1.54, 1.807) is 13.0 Å². The zero-order valence-electron chi connectivity index (χ0n) is 10.3. The molecule has 0 spiro atoms. The first-order valence-electron chi connectivity index (χ1n) is 5.65. The third-order valence-electron chi connectivity index (χ3n) is 2.56. The van der Waals surface area contributed by atoms with Crippen molar-refractivity contribution in [3.05, 3.63) is 46.8 Å². The molecule has 0 atom stereocenters. The van der Waals surface area contributed by atoms with E-state index in [0.29, 0.717) is 24.4 Å². The maximum absolute atomic E-state index is 10.8. The molecule has 0 unspecified atom stereocenters. The summed E-state index contributed by atoms with van der Waals surface area (Å²) in [6.07, 6.45) is 0. The Morgan fingerprint density at radius 3 is 2.50 bits per heavy atom. The van der Waals surface area contributed by atoms with Gasteiger partial charge in [0.15, 0.2) is 0 Å². The zero-order chi connectivity index (χ0) is 13.1. The number of nitrogens with one attached hydrogen (secondary N) is 1. The average molecular weight is 249 g/mol. The van der Waals surface area contributed by atoms with Gasteiger partial charge in [0, 0.05) is 5.56 Å². The SMILES string of the molecule is Cc1ccc(CNCc2cc(C)c(C(=O)O)o2)o1. The highest BCUT2D eigenvalue weighted by Gasteiger charge is 2.13. The summed E-state index contributed by atoms with van der Waals surface area (Å²) in [5.74, 6) is 1.28. The van der Waals surface area contributed by atoms with Crippen molar-refractivity contribution in [2.24, 2.45) is 0 Å². The summed E-state index contributed by atoms with van der Waals surface area (Å²) in [7, 11) is 0. The smallest absolute Gasteiger partial charge is 0.372 e. The van der Waals surface area contributed by atoms with E-state index in [0.717, 1.165) is 11.5 Å². The third kappa shape index (κ3) is 2.81. The molecular weight excluding hydrogens is 234 g/mol. The Labute approximate surface area is 104 Å². The van der Waals surface area contributed by atoms with Crippen molar-refractivity contribution in [2.75, 3.05) is 0 Å². The van der Waals surface area contributed by atoms with E-state index in [1.807, 2.05) is 19.1 Å². The predicted octanol–water partition coefficient (Wildman–Crippen LogP) is 2.48. The van der Waals surface area contributed by atoms with Crippen LogP contribution in [0.5, 0.6) is 0 Å². The van der Waals surface area contributed by atoms with Crippen molar-refractivity contribution < 1.29 is 18.7 Å². The molecule has 0 saturated carbocycles. The Balaban J connectivity index is 1.90. The fraction of sp³-hybridized carbons (Fsp3) is 0.308. The highest BCUT2D eigenvalue weighted by atomic mass is 16.4. The maximum Gasteiger partial charge on any atom is 0.372 e. The number of hydrogen-bond donors (Lipinski definition) is 2. The molecule has 0 aliphatic heterocycles. The van der Waals surface area contributed by atoms with E-state index in [-0.39, 0.29) is 5.76 Å². The van der Waals surface area contributed by atoms with Gasteiger partial charge >= 0.3 is 5.97 Å². The Hall–Kier alpha value is -2.01. The summed E-state index contributed by atoms with van der Waals surface area (Å²) < 4.78 is 10.6. The first kappa shape index (κ1) is 12.4. The molecule has 2 rings (SSSR count). The van der Waals surface area contributed by atoms with Crippen molar-refractivity contribution in [3.63, 3.8) is 0 Å². The van der Waals surface area contributed by atoms with Crippen LogP contribution < -0.4 is 5.32 Å². The number of aromatic carboxylic acids is 1. The van der Waals surface area contributed by atoms with Crippen LogP contribution in [0.15, 0.2) is 27.0 Å². The second kappa shape index (κ2) is 5.10. The van der Waals surface area contributed by atoms with Gasteiger partial charge in [-0.05, 0) is 32.0 Å². The molecule has 0 saturated heterocycles. The Kier molecular flexibility index (Phi) is 3.53. The van der Waals surface area contributed by atoms with Crippen LogP contribution in [-0.4, -0.2) is 11.1 Å². The highest BCUT2D eigenvalue weighted by Crippen LogP contribution is 2.14. The van der Waals surface area contributed by atoms with Crippen molar-refractivity contribution in [3.8, 4) is 0 Å². The molecule has 0 bridgehead atoms. The van der Waals surface area contributed by atoms with E-state index in [1.165, 1.54) is 0 Å². The Morgan fingerprint density at radius 1 is 1.22 bits per heavy atom. The number of rotatable bonds is 5. The number of carbonyl (C=O) groups is 1. The van der Waals surface area contributed by atoms with Gasteiger partial charge in [-0.2, -0.15) is 0 Å². The summed E-state index contributed by atoms with van der Waals surface area (Å²) >= 11 is 0. The number of carboxylic acid groups (broad SMARTS) is 1. The molecule has 0 radical (unpaired) electrons. The fourth-order valence-electron chi connectivity index (χ4n) is 1.74. The fourth-order valence-corrected chi connectivity index (χ4v) is 1.74. The van der Waals surface area contributed by atoms with Gasteiger partial charge in [0.1, 0.15) is 17.3 Å². The van der Waals surface area contributed by atoms with Crippen molar-refractivity contribution >= 4 is 5.97 Å². The van der Waals surface area contributed by atoms with Crippen LogP contribution in [-0.2, 0) is 13.1 Å². The lowest BCUT2D eigenvalue weighted by molar-refractivity contribution is 0.0659. The number of furan rings is 2. The molecule has 2 heterocycles. The summed E-state index contributed by atoms with van der Waals surface area (Å²) in [4.78, 5) is 10.8. The minimum Gasteiger partial charge on any atom is -0.475 e. The van der Waals surface area contributed by atoms with Crippen molar-refractivity contribution in [2.45, 2.75) is 26.9 Å². The topological polar surface area (TPSA) is 75.6 Å². The van der Waals surface area contributed by atoms with Crippen LogP contribution in [0, 0.1) is 13.8 Å². The second-order valence-electron chi connectivity index (χ2n) is 4.15. The molecule has 0 fully saturated rings. The standard InChI is InChI=1S/C13H15NO4/c1-8-5-11(18-12(8)13(15)16)7-14-6-10-4-3-9(2)17-10/h3-5,14H,6-7H2,1-2H3,(H,15,16). The minimum atomic E-state index is -1.04. The first-order valence-corrected chi connectivity index (χ1v) is 5.65. The van der Waals surface area contributed by atoms with Gasteiger partial charge in [-0.1, -0.05) is 0 Å². The first-order chi connectivity index (χ1) is 8.56. The minimum absolute atomic E-state index is 0.000595. The molecule has 0 aliphatic rings. The Morgan fingerprint density at radius 2 is 1.94 bits per heavy atom. The average Bonchev–Trinajstić information content (AvgIpc) is 2.85. The van der Waals surface area contributed by atoms with Crippen LogP contribution in [0.25, 0.3) is 0 Å². The molecule has 2 aromatic heterocycles. The van der Waals surface area contributed by atoms with E-state index in [4.69, 9.17) is 13.9 Å². The largest absolute Gasteiger partial charge is 0.475 e. The predicted molar refractivity (Wildman–Crippen MR) is 64.4 cm³/mol. The van der Waals surface area contributed by atoms with E-state index in [2.05, 4.69) is 5.32 Å². The number of hydrogen-bond acceptors (Lipinski definition) is 4. The van der Waals surface area contributed by atoms with E-state index >= 15 is 0 Å². The maximum atomic E-state index is 10.8. The monoisotopic (exact) mass is 249 g/mol. The van der Waals surface area contributed by atoms with Crippen LogP contribution >= 0.6 is 0 Å². The van der Waals surface area contributed by atoms with Crippen LogP contribution in [0.4, 0.5) is 0 Å². The summed E-state index contributed by atoms with van der Waals surface area (Å²) in [6, 6.07) is 5.53. The summed E-state index contributed by atoms with van der Waals surface area (Å²) in [5.41, 5.74) is 0.633. The molecule has 96 valence electrons. The molecule has 2 aromatic rings. The Bertz CT molecular complexity index is 553. The van der Waals surface area contributed by atoms with Crippen LogP contribution in [0.1, 0.15) is 33.4 Å². The van der Waals surface area contributed by atoms with Gasteiger partial charge in [0.25, 0.3) is 0 Å². The van der Waals surface area contributed by atoms with E-state index in [9.17, 15) is 4.79 Å². The molecule has 2 N–H and O–H groups in total. The van der Waals surface area contributed by atoms with Crippen molar-refractivity contribution in [1.29, 1.82) is 0 Å².